The van der Waals surface area contributed by atoms with E-state index in [0.29, 0.717) is 25.1 Å². The molecule has 1 atom stereocenters. The minimum absolute atomic E-state index is 0.0465. The predicted octanol–water partition coefficient (Wildman–Crippen LogP) is 0.0285. The summed E-state index contributed by atoms with van der Waals surface area (Å²) < 4.78 is 0. The van der Waals surface area contributed by atoms with Gasteiger partial charge in [0.05, 0.1) is 0 Å². The molecule has 3 aliphatic rings. The summed E-state index contributed by atoms with van der Waals surface area (Å²) in [5.41, 5.74) is 8.62. The number of fused-ring (bicyclic) bond motifs is 1. The lowest BCUT2D eigenvalue weighted by Gasteiger charge is -2.29. The number of carbonyl (C=O) groups is 3. The van der Waals surface area contributed by atoms with Gasteiger partial charge in [-0.15, -0.1) is 0 Å². The van der Waals surface area contributed by atoms with Crippen molar-refractivity contribution in [2.24, 2.45) is 5.73 Å². The van der Waals surface area contributed by atoms with Gasteiger partial charge in [-0.05, 0) is 36.5 Å². The molecule has 4 N–H and O–H groups in total. The molecule has 3 amide bonds. The van der Waals surface area contributed by atoms with Gasteiger partial charge in [0.2, 0.25) is 11.8 Å². The zero-order valence-electron chi connectivity index (χ0n) is 14.0. The molecule has 0 aromatic heterocycles. The minimum atomic E-state index is -0.564. The van der Waals surface area contributed by atoms with E-state index in [1.54, 1.807) is 4.90 Å². The Hall–Kier alpha value is -2.25. The van der Waals surface area contributed by atoms with Gasteiger partial charge in [-0.1, -0.05) is 12.1 Å². The summed E-state index contributed by atoms with van der Waals surface area (Å²) in [6, 6.07) is 5.28. The van der Waals surface area contributed by atoms with Crippen molar-refractivity contribution in [3.8, 4) is 0 Å². The molecule has 7 heteroatoms. The standard InChI is InChI=1S/C18H22N4O3/c19-18(5-6-18)10-20-8-11-1-2-12-9-22(17(25)13(12)7-11)14-3-4-15(23)21-16(14)24/h1-2,7,14,20H,3-6,8-10,19H2,(H,21,23,24). The van der Waals surface area contributed by atoms with Gasteiger partial charge in [-0.25, -0.2) is 0 Å². The van der Waals surface area contributed by atoms with E-state index in [2.05, 4.69) is 10.6 Å². The van der Waals surface area contributed by atoms with Gasteiger partial charge in [-0.2, -0.15) is 0 Å². The van der Waals surface area contributed by atoms with E-state index in [4.69, 9.17) is 5.73 Å². The van der Waals surface area contributed by atoms with Crippen LogP contribution in [0.25, 0.3) is 0 Å². The molecule has 2 aliphatic heterocycles. The zero-order chi connectivity index (χ0) is 17.6. The normalized spacial score (nSPS) is 24.3. The lowest BCUT2D eigenvalue weighted by Crippen LogP contribution is -2.52. The molecule has 0 bridgehead atoms. The summed E-state index contributed by atoms with van der Waals surface area (Å²) in [6.45, 7) is 1.86. The highest BCUT2D eigenvalue weighted by Crippen LogP contribution is 2.31. The molecule has 1 unspecified atom stereocenters. The van der Waals surface area contributed by atoms with Crippen molar-refractivity contribution in [3.63, 3.8) is 0 Å². The Bertz CT molecular complexity index is 757. The molecule has 7 nitrogen and oxygen atoms in total. The first-order valence-corrected chi connectivity index (χ1v) is 8.71. The third-order valence-electron chi connectivity index (χ3n) is 5.29. The number of hydrogen-bond acceptors (Lipinski definition) is 5. The van der Waals surface area contributed by atoms with Crippen LogP contribution in [-0.2, 0) is 22.7 Å². The van der Waals surface area contributed by atoms with Gasteiger partial charge < -0.3 is 16.0 Å². The van der Waals surface area contributed by atoms with Crippen LogP contribution in [0, 0.1) is 0 Å². The van der Waals surface area contributed by atoms with Crippen LogP contribution in [0.4, 0.5) is 0 Å². The lowest BCUT2D eigenvalue weighted by molar-refractivity contribution is -0.136. The maximum absolute atomic E-state index is 12.7. The summed E-state index contributed by atoms with van der Waals surface area (Å²) in [5.74, 6) is -0.784. The molecular weight excluding hydrogens is 320 g/mol. The highest BCUT2D eigenvalue weighted by atomic mass is 16.2. The molecule has 1 saturated carbocycles. The first kappa shape index (κ1) is 16.2. The third-order valence-corrected chi connectivity index (χ3v) is 5.29. The Balaban J connectivity index is 1.44. The average molecular weight is 342 g/mol. The highest BCUT2D eigenvalue weighted by molar-refractivity contribution is 6.05. The second-order valence-electron chi connectivity index (χ2n) is 7.36. The van der Waals surface area contributed by atoms with E-state index in [1.165, 1.54) is 0 Å². The van der Waals surface area contributed by atoms with Gasteiger partial charge in [0.25, 0.3) is 5.91 Å². The second kappa shape index (κ2) is 5.93. The van der Waals surface area contributed by atoms with Crippen LogP contribution in [0.1, 0.15) is 47.2 Å². The lowest BCUT2D eigenvalue weighted by atomic mass is 10.0. The zero-order valence-corrected chi connectivity index (χ0v) is 14.0. The fraction of sp³-hybridized carbons (Fsp3) is 0.500. The number of benzene rings is 1. The second-order valence-corrected chi connectivity index (χ2v) is 7.36. The molecule has 1 aromatic rings. The molecule has 1 saturated heterocycles. The van der Waals surface area contributed by atoms with Crippen molar-refractivity contribution in [3.05, 3.63) is 34.9 Å². The maximum Gasteiger partial charge on any atom is 0.255 e. The van der Waals surface area contributed by atoms with Gasteiger partial charge in [0.1, 0.15) is 6.04 Å². The molecule has 25 heavy (non-hydrogen) atoms. The highest BCUT2D eigenvalue weighted by Gasteiger charge is 2.39. The quantitative estimate of drug-likeness (QED) is 0.655. The Morgan fingerprint density at radius 1 is 1.28 bits per heavy atom. The number of nitrogens with two attached hydrogens (primary N) is 1. The SMILES string of the molecule is NC1(CNCc2ccc3c(c2)C(=O)N(C2CCC(=O)NC2=O)C3)CC1. The molecule has 132 valence electrons. The van der Waals surface area contributed by atoms with Crippen LogP contribution in [0.15, 0.2) is 18.2 Å². The summed E-state index contributed by atoms with van der Waals surface area (Å²) in [6.07, 6.45) is 2.77. The maximum atomic E-state index is 12.7. The predicted molar refractivity (Wildman–Crippen MR) is 90.3 cm³/mol. The van der Waals surface area contributed by atoms with Crippen molar-refractivity contribution in [2.75, 3.05) is 6.54 Å². The molecule has 4 rings (SSSR count). The van der Waals surface area contributed by atoms with Crippen molar-refractivity contribution < 1.29 is 14.4 Å². The van der Waals surface area contributed by atoms with Crippen LogP contribution in [0.3, 0.4) is 0 Å². The van der Waals surface area contributed by atoms with Crippen molar-refractivity contribution >= 4 is 17.7 Å². The Morgan fingerprint density at radius 2 is 2.08 bits per heavy atom. The number of carbonyl (C=O) groups excluding carboxylic acids is 3. The van der Waals surface area contributed by atoms with E-state index >= 15 is 0 Å². The minimum Gasteiger partial charge on any atom is -0.324 e. The van der Waals surface area contributed by atoms with Gasteiger partial charge in [-0.3, -0.25) is 19.7 Å². The summed E-state index contributed by atoms with van der Waals surface area (Å²) in [4.78, 5) is 37.7. The summed E-state index contributed by atoms with van der Waals surface area (Å²) >= 11 is 0. The number of hydrogen-bond donors (Lipinski definition) is 3. The molecule has 2 fully saturated rings. The van der Waals surface area contributed by atoms with Crippen molar-refractivity contribution in [1.82, 2.24) is 15.5 Å². The van der Waals surface area contributed by atoms with Crippen LogP contribution >= 0.6 is 0 Å². The smallest absolute Gasteiger partial charge is 0.255 e. The first-order valence-electron chi connectivity index (χ1n) is 8.71. The number of piperidine rings is 1. The summed E-state index contributed by atoms with van der Waals surface area (Å²) in [5, 5.41) is 5.66. The third kappa shape index (κ3) is 3.17. The van der Waals surface area contributed by atoms with Gasteiger partial charge in [0, 0.05) is 37.2 Å². The molecular formula is C18H22N4O3. The van der Waals surface area contributed by atoms with Gasteiger partial charge >= 0.3 is 0 Å². The van der Waals surface area contributed by atoms with Crippen LogP contribution < -0.4 is 16.4 Å². The molecule has 0 radical (unpaired) electrons. The summed E-state index contributed by atoms with van der Waals surface area (Å²) in [7, 11) is 0. The first-order chi connectivity index (χ1) is 12.0. The molecule has 1 aromatic carbocycles. The number of nitrogens with one attached hydrogen (secondary N) is 2. The van der Waals surface area contributed by atoms with E-state index in [9.17, 15) is 14.4 Å². The number of imide groups is 1. The Morgan fingerprint density at radius 3 is 2.80 bits per heavy atom. The monoisotopic (exact) mass is 342 g/mol. The fourth-order valence-corrected chi connectivity index (χ4v) is 3.50. The number of rotatable bonds is 5. The largest absolute Gasteiger partial charge is 0.324 e. The topological polar surface area (TPSA) is 105 Å². The van der Waals surface area contributed by atoms with E-state index in [1.807, 2.05) is 18.2 Å². The van der Waals surface area contributed by atoms with E-state index < -0.39 is 6.04 Å². The van der Waals surface area contributed by atoms with E-state index in [0.717, 1.165) is 30.5 Å². The molecule has 1 aliphatic carbocycles. The van der Waals surface area contributed by atoms with E-state index in [-0.39, 0.29) is 29.7 Å². The molecule has 0 spiro atoms. The Kier molecular flexibility index (Phi) is 3.85. The van der Waals surface area contributed by atoms with Crippen LogP contribution in [-0.4, -0.2) is 40.7 Å². The van der Waals surface area contributed by atoms with Crippen LogP contribution in [0.5, 0.6) is 0 Å². The van der Waals surface area contributed by atoms with Gasteiger partial charge in [0.15, 0.2) is 0 Å². The van der Waals surface area contributed by atoms with Crippen molar-refractivity contribution in [1.29, 1.82) is 0 Å². The van der Waals surface area contributed by atoms with Crippen molar-refractivity contribution in [2.45, 2.75) is 50.4 Å². The number of amides is 3. The average Bonchev–Trinajstić information content (AvgIpc) is 3.22. The molecule has 2 heterocycles. The number of nitrogens with zero attached hydrogens (tertiary/aromatic N) is 1. The van der Waals surface area contributed by atoms with Crippen LogP contribution in [0.2, 0.25) is 0 Å². The fourth-order valence-electron chi connectivity index (χ4n) is 3.50. The Labute approximate surface area is 145 Å².